The second kappa shape index (κ2) is 8.58. The smallest absolute Gasteiger partial charge is 0.338 e. The van der Waals surface area contributed by atoms with E-state index in [1.165, 1.54) is 19.9 Å². The Morgan fingerprint density at radius 1 is 1.10 bits per heavy atom. The molecule has 0 aromatic heterocycles. The average molecular weight is 518 g/mol. The molecule has 0 radical (unpaired) electrons. The summed E-state index contributed by atoms with van der Waals surface area (Å²) in [6.07, 6.45) is -4.17. The Bertz CT molecular complexity index is 1080. The molecule has 1 fully saturated rings. The standard InChI is InChI=1S/C22H23BrF3NO3S/c1-21(2,31(29,30)18-8-5-7-17(12-18)22(24,25)26)16-10-11-27(20(28)13-16)14-15-6-3-4-9-19(15)23/h3-9,12,16H,10-11,13-14H2,1-2H3. The van der Waals surface area contributed by atoms with Crippen LogP contribution in [0.2, 0.25) is 0 Å². The second-order valence-corrected chi connectivity index (χ2v) is 11.6. The molecule has 3 rings (SSSR count). The number of benzene rings is 2. The monoisotopic (exact) mass is 517 g/mol. The van der Waals surface area contributed by atoms with Crippen molar-refractivity contribution >= 4 is 31.7 Å². The molecule has 9 heteroatoms. The minimum atomic E-state index is -4.64. The summed E-state index contributed by atoms with van der Waals surface area (Å²) in [5.41, 5.74) is -0.0612. The number of piperidine rings is 1. The highest BCUT2D eigenvalue weighted by Crippen LogP contribution is 2.40. The fraction of sp³-hybridized carbons (Fsp3) is 0.409. The first-order chi connectivity index (χ1) is 14.3. The van der Waals surface area contributed by atoms with Crippen molar-refractivity contribution in [3.05, 3.63) is 64.1 Å². The minimum absolute atomic E-state index is 0.0235. The maximum absolute atomic E-state index is 13.3. The van der Waals surface area contributed by atoms with E-state index in [1.807, 2.05) is 24.3 Å². The van der Waals surface area contributed by atoms with Gasteiger partial charge in [-0.1, -0.05) is 40.2 Å². The van der Waals surface area contributed by atoms with Crippen LogP contribution in [0.25, 0.3) is 0 Å². The van der Waals surface area contributed by atoms with Gasteiger partial charge in [0, 0.05) is 24.0 Å². The van der Waals surface area contributed by atoms with E-state index >= 15 is 0 Å². The van der Waals surface area contributed by atoms with Gasteiger partial charge in [0.1, 0.15) is 0 Å². The van der Waals surface area contributed by atoms with Gasteiger partial charge in [0.2, 0.25) is 5.91 Å². The SMILES string of the molecule is CC(C)(C1CCN(Cc2ccccc2Br)C(=O)C1)S(=O)(=O)c1cccc(C(F)(F)F)c1. The molecule has 1 heterocycles. The van der Waals surface area contributed by atoms with Crippen LogP contribution in [-0.4, -0.2) is 30.5 Å². The zero-order valence-corrected chi connectivity index (χ0v) is 19.5. The third kappa shape index (κ3) is 4.82. The Kier molecular flexibility index (Phi) is 6.58. The molecular weight excluding hydrogens is 495 g/mol. The molecule has 1 aliphatic rings. The number of halogens is 4. The van der Waals surface area contributed by atoms with Gasteiger partial charge in [0.05, 0.1) is 15.2 Å². The number of nitrogens with zero attached hydrogens (tertiary/aromatic N) is 1. The van der Waals surface area contributed by atoms with Crippen molar-refractivity contribution < 1.29 is 26.4 Å². The third-order valence-corrected chi connectivity index (χ3v) is 9.35. The number of hydrogen-bond acceptors (Lipinski definition) is 3. The number of likely N-dealkylation sites (tertiary alicyclic amines) is 1. The van der Waals surface area contributed by atoms with Gasteiger partial charge in [0.15, 0.2) is 9.84 Å². The van der Waals surface area contributed by atoms with Gasteiger partial charge in [-0.25, -0.2) is 8.42 Å². The highest BCUT2D eigenvalue weighted by Gasteiger charge is 2.46. The Hall–Kier alpha value is -1.87. The van der Waals surface area contributed by atoms with E-state index in [9.17, 15) is 26.4 Å². The van der Waals surface area contributed by atoms with Gasteiger partial charge in [-0.3, -0.25) is 4.79 Å². The summed E-state index contributed by atoms with van der Waals surface area (Å²) >= 11 is 3.46. The van der Waals surface area contributed by atoms with Crippen molar-refractivity contribution in [3.8, 4) is 0 Å². The van der Waals surface area contributed by atoms with E-state index in [2.05, 4.69) is 15.9 Å². The lowest BCUT2D eigenvalue weighted by atomic mass is 9.85. The van der Waals surface area contributed by atoms with Crippen LogP contribution in [0.1, 0.15) is 37.8 Å². The van der Waals surface area contributed by atoms with Crippen LogP contribution in [-0.2, 0) is 27.4 Å². The average Bonchev–Trinajstić information content (AvgIpc) is 2.70. The van der Waals surface area contributed by atoms with E-state index in [4.69, 9.17) is 0 Å². The number of hydrogen-bond donors (Lipinski definition) is 0. The van der Waals surface area contributed by atoms with E-state index in [0.717, 1.165) is 22.2 Å². The topological polar surface area (TPSA) is 54.5 Å². The van der Waals surface area contributed by atoms with Crippen molar-refractivity contribution in [1.29, 1.82) is 0 Å². The molecule has 2 aromatic carbocycles. The molecule has 2 aromatic rings. The largest absolute Gasteiger partial charge is 0.416 e. The molecule has 168 valence electrons. The highest BCUT2D eigenvalue weighted by molar-refractivity contribution is 9.10. The van der Waals surface area contributed by atoms with E-state index in [1.54, 1.807) is 4.90 Å². The van der Waals surface area contributed by atoms with Crippen LogP contribution in [0.15, 0.2) is 57.9 Å². The summed E-state index contributed by atoms with van der Waals surface area (Å²) in [5, 5.41) is 0. The van der Waals surface area contributed by atoms with Crippen molar-refractivity contribution in [2.24, 2.45) is 5.92 Å². The maximum Gasteiger partial charge on any atom is 0.416 e. The fourth-order valence-corrected chi connectivity index (χ4v) is 6.03. The van der Waals surface area contributed by atoms with E-state index < -0.39 is 32.2 Å². The predicted octanol–water partition coefficient (Wildman–Crippen LogP) is 5.46. The van der Waals surface area contributed by atoms with Crippen molar-refractivity contribution in [2.45, 2.75) is 49.1 Å². The molecule has 0 N–H and O–H groups in total. The maximum atomic E-state index is 13.3. The summed E-state index contributed by atoms with van der Waals surface area (Å²) in [6.45, 7) is 3.77. The Labute approximate surface area is 188 Å². The molecule has 0 spiro atoms. The van der Waals surface area contributed by atoms with Crippen LogP contribution < -0.4 is 0 Å². The molecule has 1 amide bonds. The summed E-state index contributed by atoms with van der Waals surface area (Å²) < 4.78 is 65.2. The molecule has 31 heavy (non-hydrogen) atoms. The molecule has 1 unspecified atom stereocenters. The van der Waals surface area contributed by atoms with Gasteiger partial charge in [-0.15, -0.1) is 0 Å². The zero-order valence-electron chi connectivity index (χ0n) is 17.1. The Balaban J connectivity index is 1.80. The summed E-state index contributed by atoms with van der Waals surface area (Å²) in [7, 11) is -4.11. The summed E-state index contributed by atoms with van der Waals surface area (Å²) in [4.78, 5) is 14.1. The van der Waals surface area contributed by atoms with Crippen molar-refractivity contribution in [1.82, 2.24) is 4.90 Å². The van der Waals surface area contributed by atoms with E-state index in [-0.39, 0.29) is 17.2 Å². The molecule has 1 saturated heterocycles. The number of alkyl halides is 3. The van der Waals surface area contributed by atoms with Gasteiger partial charge in [-0.05, 0) is 56.0 Å². The van der Waals surface area contributed by atoms with Gasteiger partial charge in [0.25, 0.3) is 0 Å². The quantitative estimate of drug-likeness (QED) is 0.529. The normalized spacial score (nSPS) is 18.3. The van der Waals surface area contributed by atoms with Crippen LogP contribution >= 0.6 is 15.9 Å². The zero-order chi connectivity index (χ0) is 23.0. The Morgan fingerprint density at radius 3 is 2.39 bits per heavy atom. The van der Waals surface area contributed by atoms with Crippen LogP contribution in [0.4, 0.5) is 13.2 Å². The lowest BCUT2D eigenvalue weighted by Gasteiger charge is -2.40. The third-order valence-electron chi connectivity index (χ3n) is 5.99. The fourth-order valence-electron chi connectivity index (χ4n) is 3.83. The second-order valence-electron chi connectivity index (χ2n) is 8.23. The predicted molar refractivity (Wildman–Crippen MR) is 115 cm³/mol. The van der Waals surface area contributed by atoms with Crippen LogP contribution in [0, 0.1) is 5.92 Å². The number of amides is 1. The lowest BCUT2D eigenvalue weighted by molar-refractivity contribution is -0.138. The summed E-state index contributed by atoms with van der Waals surface area (Å²) in [5.74, 6) is -0.672. The first-order valence-electron chi connectivity index (χ1n) is 9.77. The van der Waals surface area contributed by atoms with Crippen LogP contribution in [0.3, 0.4) is 0 Å². The number of rotatable bonds is 5. The van der Waals surface area contributed by atoms with Gasteiger partial charge in [-0.2, -0.15) is 13.2 Å². The molecule has 0 aliphatic carbocycles. The first-order valence-corrected chi connectivity index (χ1v) is 12.0. The number of carbonyl (C=O) groups is 1. The van der Waals surface area contributed by atoms with Crippen molar-refractivity contribution in [3.63, 3.8) is 0 Å². The molecule has 4 nitrogen and oxygen atoms in total. The molecule has 0 saturated carbocycles. The highest BCUT2D eigenvalue weighted by atomic mass is 79.9. The number of sulfone groups is 1. The Morgan fingerprint density at radius 2 is 1.77 bits per heavy atom. The van der Waals surface area contributed by atoms with Crippen LogP contribution in [0.5, 0.6) is 0 Å². The van der Waals surface area contributed by atoms with Crippen molar-refractivity contribution in [2.75, 3.05) is 6.54 Å². The molecule has 1 aliphatic heterocycles. The first kappa shape index (κ1) is 23.8. The lowest BCUT2D eigenvalue weighted by Crippen LogP contribution is -2.48. The van der Waals surface area contributed by atoms with E-state index in [0.29, 0.717) is 25.6 Å². The van der Waals surface area contributed by atoms with Gasteiger partial charge >= 0.3 is 6.18 Å². The molecule has 0 bridgehead atoms. The molecular formula is C22H23BrF3NO3S. The minimum Gasteiger partial charge on any atom is -0.338 e. The molecule has 1 atom stereocenters. The van der Waals surface area contributed by atoms with Gasteiger partial charge < -0.3 is 4.90 Å². The number of carbonyl (C=O) groups excluding carboxylic acids is 1. The summed E-state index contributed by atoms with van der Waals surface area (Å²) in [6, 6.07) is 11.3.